The van der Waals surface area contributed by atoms with E-state index in [0.717, 1.165) is 17.2 Å². The van der Waals surface area contributed by atoms with Gasteiger partial charge in [0.2, 0.25) is 10.0 Å². The summed E-state index contributed by atoms with van der Waals surface area (Å²) in [5.41, 5.74) is 2.94. The number of benzene rings is 2. The van der Waals surface area contributed by atoms with Crippen molar-refractivity contribution in [2.45, 2.75) is 18.2 Å². The molecule has 0 unspecified atom stereocenters. The summed E-state index contributed by atoms with van der Waals surface area (Å²) in [6.45, 7) is 3.70. The molecule has 1 aliphatic heterocycles. The molecule has 158 valence electrons. The van der Waals surface area contributed by atoms with Gasteiger partial charge >= 0.3 is 0 Å². The molecule has 9 heteroatoms. The minimum Gasteiger partial charge on any atom is -0.345 e. The van der Waals surface area contributed by atoms with Crippen molar-refractivity contribution in [3.05, 3.63) is 74.7 Å². The predicted octanol–water partition coefficient (Wildman–Crippen LogP) is 4.86. The van der Waals surface area contributed by atoms with Gasteiger partial charge in [-0.15, -0.1) is 11.3 Å². The normalized spacial score (nSPS) is 15.5. The van der Waals surface area contributed by atoms with Crippen LogP contribution in [0.25, 0.3) is 0 Å². The number of hydrogen-bond acceptors (Lipinski definition) is 5. The predicted molar refractivity (Wildman–Crippen MR) is 124 cm³/mol. The lowest BCUT2D eigenvalue weighted by Gasteiger charge is -2.34. The SMILES string of the molecule is Cc1cc(S(=O)(=O)N2CCN(c3nc(Cc4ccccc4)cs3)CC2)c(Cl)cc1Cl. The van der Waals surface area contributed by atoms with Crippen LogP contribution >= 0.6 is 34.5 Å². The minimum atomic E-state index is -3.67. The zero-order chi connectivity index (χ0) is 21.3. The molecule has 1 saturated heterocycles. The molecule has 4 rings (SSSR count). The molecule has 1 fully saturated rings. The maximum Gasteiger partial charge on any atom is 0.244 e. The van der Waals surface area contributed by atoms with E-state index >= 15 is 0 Å². The highest BCUT2D eigenvalue weighted by Gasteiger charge is 2.31. The first-order valence-corrected chi connectivity index (χ1v) is 12.6. The van der Waals surface area contributed by atoms with E-state index < -0.39 is 10.0 Å². The summed E-state index contributed by atoms with van der Waals surface area (Å²) in [5.74, 6) is 0. The summed E-state index contributed by atoms with van der Waals surface area (Å²) in [6, 6.07) is 13.3. The van der Waals surface area contributed by atoms with Gasteiger partial charge in [0, 0.05) is 43.0 Å². The molecule has 0 amide bonds. The van der Waals surface area contributed by atoms with Gasteiger partial charge in [-0.1, -0.05) is 53.5 Å². The van der Waals surface area contributed by atoms with E-state index in [1.54, 1.807) is 24.3 Å². The van der Waals surface area contributed by atoms with E-state index in [1.807, 2.05) is 18.2 Å². The smallest absolute Gasteiger partial charge is 0.244 e. The molecule has 0 atom stereocenters. The summed E-state index contributed by atoms with van der Waals surface area (Å²) in [6.07, 6.45) is 0.792. The zero-order valence-corrected chi connectivity index (χ0v) is 19.5. The lowest BCUT2D eigenvalue weighted by Crippen LogP contribution is -2.48. The molecule has 0 aliphatic carbocycles. The minimum absolute atomic E-state index is 0.110. The molecule has 0 radical (unpaired) electrons. The van der Waals surface area contributed by atoms with Crippen molar-refractivity contribution in [3.8, 4) is 0 Å². The summed E-state index contributed by atoms with van der Waals surface area (Å²) >= 11 is 13.8. The molecule has 1 aromatic heterocycles. The number of hydrogen-bond donors (Lipinski definition) is 0. The third kappa shape index (κ3) is 4.50. The monoisotopic (exact) mass is 481 g/mol. The van der Waals surface area contributed by atoms with Crippen LogP contribution < -0.4 is 4.90 Å². The third-order valence-corrected chi connectivity index (χ3v) is 8.83. The van der Waals surface area contributed by atoms with E-state index in [1.165, 1.54) is 15.9 Å². The van der Waals surface area contributed by atoms with Crippen LogP contribution in [-0.4, -0.2) is 43.9 Å². The van der Waals surface area contributed by atoms with Gasteiger partial charge in [0.25, 0.3) is 0 Å². The number of thiazole rings is 1. The van der Waals surface area contributed by atoms with Gasteiger partial charge < -0.3 is 4.90 Å². The summed E-state index contributed by atoms with van der Waals surface area (Å²) < 4.78 is 27.7. The third-order valence-electron chi connectivity index (χ3n) is 5.11. The summed E-state index contributed by atoms with van der Waals surface area (Å²) in [7, 11) is -3.67. The van der Waals surface area contributed by atoms with Gasteiger partial charge in [0.05, 0.1) is 10.7 Å². The van der Waals surface area contributed by atoms with Gasteiger partial charge in [0.1, 0.15) is 4.90 Å². The Kier molecular flexibility index (Phi) is 6.36. The molecule has 2 aromatic carbocycles. The van der Waals surface area contributed by atoms with Gasteiger partial charge in [0.15, 0.2) is 5.13 Å². The fraction of sp³-hybridized carbons (Fsp3) is 0.286. The second-order valence-electron chi connectivity index (χ2n) is 7.21. The molecule has 5 nitrogen and oxygen atoms in total. The highest BCUT2D eigenvalue weighted by Crippen LogP contribution is 2.31. The van der Waals surface area contributed by atoms with Gasteiger partial charge in [-0.25, -0.2) is 13.4 Å². The van der Waals surface area contributed by atoms with Crippen molar-refractivity contribution >= 4 is 49.7 Å². The van der Waals surface area contributed by atoms with Crippen LogP contribution in [0.1, 0.15) is 16.8 Å². The van der Waals surface area contributed by atoms with Crippen molar-refractivity contribution in [2.75, 3.05) is 31.1 Å². The highest BCUT2D eigenvalue weighted by atomic mass is 35.5. The van der Waals surface area contributed by atoms with E-state index in [-0.39, 0.29) is 9.92 Å². The first-order valence-electron chi connectivity index (χ1n) is 9.53. The maximum absolute atomic E-state index is 13.1. The standard InChI is InChI=1S/C21H21Cl2N3O2S2/c1-15-11-20(19(23)13-18(15)22)30(27,28)26-9-7-25(8-10-26)21-24-17(14-29-21)12-16-5-3-2-4-6-16/h2-6,11,13-14H,7-10,12H2,1H3. The maximum atomic E-state index is 13.1. The number of anilines is 1. The molecule has 0 bridgehead atoms. The van der Waals surface area contributed by atoms with Crippen molar-refractivity contribution in [3.63, 3.8) is 0 Å². The Hall–Kier alpha value is -1.64. The number of sulfonamides is 1. The first-order chi connectivity index (χ1) is 14.3. The highest BCUT2D eigenvalue weighted by molar-refractivity contribution is 7.89. The van der Waals surface area contributed by atoms with Gasteiger partial charge in [-0.2, -0.15) is 4.31 Å². The van der Waals surface area contributed by atoms with Crippen LogP contribution in [0.15, 0.2) is 52.7 Å². The van der Waals surface area contributed by atoms with E-state index in [9.17, 15) is 8.42 Å². The van der Waals surface area contributed by atoms with E-state index in [4.69, 9.17) is 28.2 Å². The number of aromatic nitrogens is 1. The van der Waals surface area contributed by atoms with Crippen molar-refractivity contribution in [1.29, 1.82) is 0 Å². The first kappa shape index (κ1) is 21.6. The average molecular weight is 482 g/mol. The van der Waals surface area contributed by atoms with Gasteiger partial charge in [-0.3, -0.25) is 0 Å². The van der Waals surface area contributed by atoms with Crippen LogP contribution in [0.3, 0.4) is 0 Å². The molecular formula is C21H21Cl2N3O2S2. The molecule has 2 heterocycles. The molecule has 0 saturated carbocycles. The zero-order valence-electron chi connectivity index (χ0n) is 16.4. The number of halogens is 2. The second-order valence-corrected chi connectivity index (χ2v) is 10.8. The topological polar surface area (TPSA) is 53.5 Å². The van der Waals surface area contributed by atoms with Crippen molar-refractivity contribution in [1.82, 2.24) is 9.29 Å². The lowest BCUT2D eigenvalue weighted by molar-refractivity contribution is 0.384. The average Bonchev–Trinajstić information content (AvgIpc) is 3.20. The Balaban J connectivity index is 1.43. The van der Waals surface area contributed by atoms with Gasteiger partial charge in [-0.05, 0) is 30.2 Å². The van der Waals surface area contributed by atoms with Crippen LogP contribution in [0.4, 0.5) is 5.13 Å². The Morgan fingerprint density at radius 1 is 1.03 bits per heavy atom. The number of aryl methyl sites for hydroxylation is 1. The molecule has 1 aliphatic rings. The fourth-order valence-electron chi connectivity index (χ4n) is 3.41. The fourth-order valence-corrected chi connectivity index (χ4v) is 6.52. The Morgan fingerprint density at radius 2 is 1.73 bits per heavy atom. The Bertz CT molecular complexity index is 1140. The van der Waals surface area contributed by atoms with Crippen LogP contribution in [0, 0.1) is 6.92 Å². The molecule has 30 heavy (non-hydrogen) atoms. The van der Waals surface area contributed by atoms with Crippen LogP contribution in [0.2, 0.25) is 10.0 Å². The van der Waals surface area contributed by atoms with Crippen molar-refractivity contribution in [2.24, 2.45) is 0 Å². The molecular weight excluding hydrogens is 461 g/mol. The van der Waals surface area contributed by atoms with Crippen LogP contribution in [0.5, 0.6) is 0 Å². The molecule has 3 aromatic rings. The molecule has 0 spiro atoms. The largest absolute Gasteiger partial charge is 0.345 e. The van der Waals surface area contributed by atoms with Crippen molar-refractivity contribution < 1.29 is 8.42 Å². The number of piperazine rings is 1. The molecule has 0 N–H and O–H groups in total. The summed E-state index contributed by atoms with van der Waals surface area (Å²) in [4.78, 5) is 7.00. The van der Waals surface area contributed by atoms with E-state index in [0.29, 0.717) is 36.8 Å². The Labute approximate surface area is 190 Å². The Morgan fingerprint density at radius 3 is 2.43 bits per heavy atom. The number of rotatable bonds is 5. The lowest BCUT2D eigenvalue weighted by atomic mass is 10.1. The quantitative estimate of drug-likeness (QED) is 0.521. The van der Waals surface area contributed by atoms with Crippen LogP contribution in [-0.2, 0) is 16.4 Å². The van der Waals surface area contributed by atoms with E-state index in [2.05, 4.69) is 22.4 Å². The number of nitrogens with zero attached hydrogens (tertiary/aromatic N) is 3. The second kappa shape index (κ2) is 8.85. The summed E-state index contributed by atoms with van der Waals surface area (Å²) in [5, 5.41) is 3.61.